The number of rotatable bonds is 17. The van der Waals surface area contributed by atoms with Crippen molar-refractivity contribution in [1.82, 2.24) is 0 Å². The number of hydrogen-bond acceptors (Lipinski definition) is 9. The van der Waals surface area contributed by atoms with Crippen molar-refractivity contribution < 1.29 is 42.7 Å². The number of carbonyl (C=O) groups excluding carboxylic acids is 2. The molecule has 0 unspecified atom stereocenters. The topological polar surface area (TPSA) is 98.8 Å². The molecule has 0 fully saturated rings. The highest BCUT2D eigenvalue weighted by molar-refractivity contribution is 5.70. The van der Waals surface area contributed by atoms with E-state index in [-0.39, 0.29) is 19.2 Å². The molecule has 0 rings (SSSR count). The molecule has 0 saturated heterocycles. The van der Waals surface area contributed by atoms with Gasteiger partial charge >= 0.3 is 11.9 Å². The highest BCUT2D eigenvalue weighted by atomic mass is 16.6. The third-order valence-electron chi connectivity index (χ3n) is 2.47. The lowest BCUT2D eigenvalue weighted by Gasteiger charge is -2.07. The van der Waals surface area contributed by atoms with E-state index in [0.29, 0.717) is 59.5 Å². The van der Waals surface area contributed by atoms with Crippen LogP contribution in [0, 0.1) is 0 Å². The van der Waals surface area contributed by atoms with Crippen molar-refractivity contribution in [3.63, 3.8) is 0 Å². The molecule has 0 heterocycles. The number of hydrogen-bond donors (Lipinski definition) is 0. The minimum absolute atomic E-state index is 0.0683. The van der Waals surface area contributed by atoms with Crippen molar-refractivity contribution in [1.29, 1.82) is 0 Å². The monoisotopic (exact) mass is 352 g/mol. The quantitative estimate of drug-likeness (QED) is 0.260. The van der Waals surface area contributed by atoms with Crippen LogP contribution in [0.5, 0.6) is 0 Å². The second-order valence-corrected chi connectivity index (χ2v) is 4.42. The molecule has 0 bridgehead atoms. The third kappa shape index (κ3) is 18.8. The number of carbonyl (C=O) groups is 2. The molecule has 0 amide bonds. The van der Waals surface area contributed by atoms with Crippen LogP contribution in [-0.2, 0) is 42.7 Å². The Labute approximate surface area is 142 Å². The summed E-state index contributed by atoms with van der Waals surface area (Å²) in [5.74, 6) is -0.724. The predicted molar refractivity (Wildman–Crippen MR) is 82.7 cm³/mol. The van der Waals surface area contributed by atoms with Crippen LogP contribution in [-0.4, -0.2) is 91.7 Å². The Hall–Kier alpha value is -1.26. The van der Waals surface area contributed by atoms with E-state index < -0.39 is 5.97 Å². The zero-order chi connectivity index (χ0) is 17.9. The third-order valence-corrected chi connectivity index (χ3v) is 2.47. The maximum atomic E-state index is 10.7. The van der Waals surface area contributed by atoms with Crippen LogP contribution in [0.4, 0.5) is 0 Å². The summed E-state index contributed by atoms with van der Waals surface area (Å²) in [7, 11) is 1.31. The van der Waals surface area contributed by atoms with Gasteiger partial charge in [0.2, 0.25) is 0 Å². The van der Waals surface area contributed by atoms with Crippen LogP contribution in [0.25, 0.3) is 0 Å². The van der Waals surface area contributed by atoms with E-state index in [1.807, 2.05) is 0 Å². The number of esters is 2. The fourth-order valence-electron chi connectivity index (χ4n) is 1.34. The Morgan fingerprint density at radius 1 is 0.625 bits per heavy atom. The lowest BCUT2D eigenvalue weighted by Crippen LogP contribution is -2.15. The van der Waals surface area contributed by atoms with Crippen molar-refractivity contribution in [2.75, 3.05) is 79.8 Å². The summed E-state index contributed by atoms with van der Waals surface area (Å²) in [4.78, 5) is 21.2. The van der Waals surface area contributed by atoms with Crippen molar-refractivity contribution in [3.05, 3.63) is 0 Å². The zero-order valence-electron chi connectivity index (χ0n) is 14.5. The van der Waals surface area contributed by atoms with Gasteiger partial charge in [0.15, 0.2) is 0 Å². The van der Waals surface area contributed by atoms with E-state index in [1.54, 1.807) is 0 Å². The first-order chi connectivity index (χ1) is 11.7. The predicted octanol–water partition coefficient (Wildman–Crippen LogP) is -0.194. The summed E-state index contributed by atoms with van der Waals surface area (Å²) in [5, 5.41) is 0. The SMILES string of the molecule is COC(=O)COCCOCCOCCOCCOCCOC(C)=O. The van der Waals surface area contributed by atoms with E-state index in [0.717, 1.165) is 0 Å². The lowest BCUT2D eigenvalue weighted by molar-refractivity contribution is -0.146. The Kier molecular flexibility index (Phi) is 17.1. The van der Waals surface area contributed by atoms with Crippen molar-refractivity contribution in [2.45, 2.75) is 6.92 Å². The minimum atomic E-state index is -0.409. The van der Waals surface area contributed by atoms with Crippen LogP contribution < -0.4 is 0 Å². The lowest BCUT2D eigenvalue weighted by atomic mass is 10.6. The molecule has 0 N–H and O–H groups in total. The van der Waals surface area contributed by atoms with Gasteiger partial charge in [-0.05, 0) is 0 Å². The summed E-state index contributed by atoms with van der Waals surface area (Å²) in [6.07, 6.45) is 0. The maximum absolute atomic E-state index is 10.7. The summed E-state index contributed by atoms with van der Waals surface area (Å²) in [6, 6.07) is 0. The molecule has 0 atom stereocenters. The van der Waals surface area contributed by atoms with Gasteiger partial charge in [-0.3, -0.25) is 4.79 Å². The van der Waals surface area contributed by atoms with Gasteiger partial charge in [-0.1, -0.05) is 0 Å². The average molecular weight is 352 g/mol. The van der Waals surface area contributed by atoms with E-state index in [2.05, 4.69) is 4.74 Å². The van der Waals surface area contributed by atoms with Crippen LogP contribution in [0.3, 0.4) is 0 Å². The highest BCUT2D eigenvalue weighted by Gasteiger charge is 1.99. The van der Waals surface area contributed by atoms with Crippen LogP contribution in [0.15, 0.2) is 0 Å². The molecule has 0 radical (unpaired) electrons. The first-order valence-electron chi connectivity index (χ1n) is 7.75. The Morgan fingerprint density at radius 2 is 1.00 bits per heavy atom. The molecule has 0 aliphatic rings. The van der Waals surface area contributed by atoms with Gasteiger partial charge in [0.1, 0.15) is 13.2 Å². The summed E-state index contributed by atoms with van der Waals surface area (Å²) < 4.78 is 35.2. The molecule has 24 heavy (non-hydrogen) atoms. The molecular formula is C15H28O9. The molecule has 142 valence electrons. The molecule has 0 aliphatic heterocycles. The number of methoxy groups -OCH3 is 1. The van der Waals surface area contributed by atoms with E-state index in [1.165, 1.54) is 14.0 Å². The van der Waals surface area contributed by atoms with Crippen LogP contribution in [0.2, 0.25) is 0 Å². The standard InChI is InChI=1S/C15H28O9/c1-14(16)24-12-11-22-8-7-20-4-3-19-5-6-21-9-10-23-13-15(17)18-2/h3-13H2,1-2H3. The average Bonchev–Trinajstić information content (AvgIpc) is 2.57. The molecule has 0 aromatic heterocycles. The Morgan fingerprint density at radius 3 is 1.38 bits per heavy atom. The highest BCUT2D eigenvalue weighted by Crippen LogP contribution is 1.85. The van der Waals surface area contributed by atoms with E-state index >= 15 is 0 Å². The largest absolute Gasteiger partial charge is 0.467 e. The second-order valence-electron chi connectivity index (χ2n) is 4.42. The Bertz CT molecular complexity index is 309. The molecular weight excluding hydrogens is 324 g/mol. The summed E-state index contributed by atoms with van der Waals surface area (Å²) in [5.41, 5.74) is 0. The van der Waals surface area contributed by atoms with Gasteiger partial charge in [-0.15, -0.1) is 0 Å². The summed E-state index contributed by atoms with van der Waals surface area (Å²) in [6.45, 7) is 5.36. The molecule has 0 spiro atoms. The fourth-order valence-corrected chi connectivity index (χ4v) is 1.34. The van der Waals surface area contributed by atoms with Gasteiger partial charge in [0, 0.05) is 6.92 Å². The van der Waals surface area contributed by atoms with Gasteiger partial charge in [0.25, 0.3) is 0 Å². The first-order valence-corrected chi connectivity index (χ1v) is 7.75. The zero-order valence-corrected chi connectivity index (χ0v) is 14.5. The van der Waals surface area contributed by atoms with E-state index in [4.69, 9.17) is 28.4 Å². The molecule has 0 aliphatic carbocycles. The van der Waals surface area contributed by atoms with E-state index in [9.17, 15) is 9.59 Å². The Balaban J connectivity index is 3.03. The van der Waals surface area contributed by atoms with Crippen molar-refractivity contribution >= 4 is 11.9 Å². The second kappa shape index (κ2) is 18.1. The minimum Gasteiger partial charge on any atom is -0.467 e. The first kappa shape index (κ1) is 22.7. The number of ether oxygens (including phenoxy) is 7. The molecule has 0 aromatic carbocycles. The van der Waals surface area contributed by atoms with Gasteiger partial charge in [0.05, 0.1) is 66.6 Å². The van der Waals surface area contributed by atoms with Gasteiger partial charge in [-0.2, -0.15) is 0 Å². The van der Waals surface area contributed by atoms with Crippen molar-refractivity contribution in [3.8, 4) is 0 Å². The molecule has 9 heteroatoms. The van der Waals surface area contributed by atoms with Gasteiger partial charge < -0.3 is 33.2 Å². The molecule has 0 aromatic rings. The van der Waals surface area contributed by atoms with Gasteiger partial charge in [-0.25, -0.2) is 4.79 Å². The fraction of sp³-hybridized carbons (Fsp3) is 0.867. The smallest absolute Gasteiger partial charge is 0.331 e. The molecule has 9 nitrogen and oxygen atoms in total. The normalized spacial score (nSPS) is 10.6. The maximum Gasteiger partial charge on any atom is 0.331 e. The van der Waals surface area contributed by atoms with Crippen molar-refractivity contribution in [2.24, 2.45) is 0 Å². The van der Waals surface area contributed by atoms with Crippen LogP contribution >= 0.6 is 0 Å². The summed E-state index contributed by atoms with van der Waals surface area (Å²) >= 11 is 0. The van der Waals surface area contributed by atoms with Crippen LogP contribution in [0.1, 0.15) is 6.92 Å². The molecule has 0 saturated carbocycles.